The Morgan fingerprint density at radius 3 is 2.93 bits per heavy atom. The summed E-state index contributed by atoms with van der Waals surface area (Å²) in [6, 6.07) is 0. The Kier molecular flexibility index (Phi) is 2.47. The molecule has 1 saturated heterocycles. The highest BCUT2D eigenvalue weighted by Gasteiger charge is 2.54. The zero-order chi connectivity index (χ0) is 10.9. The van der Waals surface area contributed by atoms with Gasteiger partial charge in [-0.15, -0.1) is 0 Å². The van der Waals surface area contributed by atoms with Gasteiger partial charge in [0.2, 0.25) is 0 Å². The number of allylic oxidation sites excluding steroid dienone is 2. The maximum atomic E-state index is 11.7. The lowest BCUT2D eigenvalue weighted by molar-refractivity contribution is -0.154. The topological polar surface area (TPSA) is 43.4 Å². The maximum Gasteiger partial charge on any atom is 0.324 e. The maximum absolute atomic E-state index is 11.7. The lowest BCUT2D eigenvalue weighted by Gasteiger charge is -2.26. The van der Waals surface area contributed by atoms with Gasteiger partial charge in [-0.25, -0.2) is 0 Å². The number of ether oxygens (including phenoxy) is 1. The quantitative estimate of drug-likeness (QED) is 0.524. The molecule has 0 saturated carbocycles. The Labute approximate surface area is 88.8 Å². The number of esters is 2. The molecule has 3 heteroatoms. The molecule has 15 heavy (non-hydrogen) atoms. The van der Waals surface area contributed by atoms with Crippen LogP contribution in [0, 0.1) is 11.3 Å². The Hall–Kier alpha value is -1.38. The van der Waals surface area contributed by atoms with Gasteiger partial charge in [0.05, 0.1) is 5.92 Å². The molecule has 0 bridgehead atoms. The molecule has 0 amide bonds. The van der Waals surface area contributed by atoms with Crippen molar-refractivity contribution in [2.24, 2.45) is 11.3 Å². The lowest BCUT2D eigenvalue weighted by Crippen LogP contribution is -2.32. The first kappa shape index (κ1) is 10.1. The fraction of sp³-hybridized carbons (Fsp3) is 0.500. The minimum absolute atomic E-state index is 0.383. The molecule has 2 rings (SSSR count). The summed E-state index contributed by atoms with van der Waals surface area (Å²) in [4.78, 5) is 23.2. The van der Waals surface area contributed by atoms with Gasteiger partial charge >= 0.3 is 11.9 Å². The van der Waals surface area contributed by atoms with E-state index in [1.54, 1.807) is 12.2 Å². The summed E-state index contributed by atoms with van der Waals surface area (Å²) in [5, 5.41) is 0. The van der Waals surface area contributed by atoms with E-state index in [9.17, 15) is 9.59 Å². The molecule has 1 aliphatic carbocycles. The molecule has 80 valence electrons. The van der Waals surface area contributed by atoms with Gasteiger partial charge in [-0.3, -0.25) is 9.59 Å². The largest absolute Gasteiger partial charge is 0.392 e. The summed E-state index contributed by atoms with van der Waals surface area (Å²) in [6.07, 6.45) is 9.84. The minimum atomic E-state index is -0.707. The van der Waals surface area contributed by atoms with Crippen molar-refractivity contribution in [3.8, 4) is 0 Å². The second kappa shape index (κ2) is 3.65. The number of hydrogen-bond acceptors (Lipinski definition) is 3. The third-order valence-corrected chi connectivity index (χ3v) is 3.13. The van der Waals surface area contributed by atoms with Crippen molar-refractivity contribution in [1.29, 1.82) is 0 Å². The van der Waals surface area contributed by atoms with Crippen LogP contribution in [0.5, 0.6) is 0 Å². The van der Waals surface area contributed by atoms with Crippen LogP contribution in [0.4, 0.5) is 0 Å². The number of unbranched alkanes of at least 4 members (excludes halogenated alkanes) is 1. The van der Waals surface area contributed by atoms with Crippen molar-refractivity contribution in [1.82, 2.24) is 0 Å². The van der Waals surface area contributed by atoms with Crippen molar-refractivity contribution in [2.75, 3.05) is 0 Å². The molecular weight excluding hydrogens is 192 g/mol. The molecule has 2 atom stereocenters. The Morgan fingerprint density at radius 1 is 1.40 bits per heavy atom. The van der Waals surface area contributed by atoms with E-state index in [-0.39, 0.29) is 5.97 Å². The predicted octanol–water partition coefficient (Wildman–Crippen LogP) is 1.99. The van der Waals surface area contributed by atoms with Crippen LogP contribution >= 0.6 is 0 Å². The number of rotatable bonds is 3. The van der Waals surface area contributed by atoms with Crippen LogP contribution in [0.15, 0.2) is 24.3 Å². The van der Waals surface area contributed by atoms with Crippen LogP contribution in [0.25, 0.3) is 0 Å². The Balaban J connectivity index is 2.31. The predicted molar refractivity (Wildman–Crippen MR) is 54.8 cm³/mol. The van der Waals surface area contributed by atoms with Crippen LogP contribution in [-0.2, 0) is 14.3 Å². The third-order valence-electron chi connectivity index (χ3n) is 3.13. The highest BCUT2D eigenvalue weighted by molar-refractivity contribution is 6.01. The van der Waals surface area contributed by atoms with Gasteiger partial charge in [-0.1, -0.05) is 44.1 Å². The lowest BCUT2D eigenvalue weighted by atomic mass is 9.71. The fourth-order valence-electron chi connectivity index (χ4n) is 2.22. The molecule has 2 aliphatic rings. The van der Waals surface area contributed by atoms with Gasteiger partial charge in [0.15, 0.2) is 0 Å². The summed E-state index contributed by atoms with van der Waals surface area (Å²) in [5.41, 5.74) is -0.707. The number of carbonyl (C=O) groups excluding carboxylic acids is 2. The standard InChI is InChI=1S/C12H14O3/c1-2-3-7-12-8-5-4-6-9(12)10(13)15-11(12)14/h4-6,8-9H,2-3,7H2,1H3. The zero-order valence-corrected chi connectivity index (χ0v) is 8.73. The molecule has 1 heterocycles. The first-order valence-electron chi connectivity index (χ1n) is 5.33. The summed E-state index contributed by atoms with van der Waals surface area (Å²) in [7, 11) is 0. The molecule has 0 aromatic rings. The number of carbonyl (C=O) groups is 2. The van der Waals surface area contributed by atoms with Gasteiger partial charge in [0.25, 0.3) is 0 Å². The van der Waals surface area contributed by atoms with E-state index in [1.165, 1.54) is 0 Å². The van der Waals surface area contributed by atoms with E-state index in [2.05, 4.69) is 6.92 Å². The van der Waals surface area contributed by atoms with Crippen molar-refractivity contribution in [3.05, 3.63) is 24.3 Å². The van der Waals surface area contributed by atoms with E-state index < -0.39 is 17.3 Å². The normalized spacial score (nSPS) is 33.0. The molecule has 3 nitrogen and oxygen atoms in total. The van der Waals surface area contributed by atoms with Gasteiger partial charge in [0.1, 0.15) is 5.41 Å². The van der Waals surface area contributed by atoms with Crippen LogP contribution < -0.4 is 0 Å². The highest BCUT2D eigenvalue weighted by Crippen LogP contribution is 2.44. The zero-order valence-electron chi connectivity index (χ0n) is 8.73. The smallest absolute Gasteiger partial charge is 0.324 e. The van der Waals surface area contributed by atoms with E-state index in [0.717, 1.165) is 12.8 Å². The van der Waals surface area contributed by atoms with Gasteiger partial charge < -0.3 is 4.74 Å². The fourth-order valence-corrected chi connectivity index (χ4v) is 2.22. The summed E-state index contributed by atoms with van der Waals surface area (Å²) >= 11 is 0. The molecule has 2 unspecified atom stereocenters. The molecule has 1 fully saturated rings. The monoisotopic (exact) mass is 206 g/mol. The van der Waals surface area contributed by atoms with Crippen molar-refractivity contribution < 1.29 is 14.3 Å². The van der Waals surface area contributed by atoms with Crippen LogP contribution in [0.3, 0.4) is 0 Å². The van der Waals surface area contributed by atoms with Gasteiger partial charge in [-0.05, 0) is 6.42 Å². The molecule has 0 aromatic heterocycles. The third kappa shape index (κ3) is 1.42. The van der Waals surface area contributed by atoms with Crippen LogP contribution in [-0.4, -0.2) is 11.9 Å². The van der Waals surface area contributed by atoms with E-state index in [4.69, 9.17) is 4.74 Å². The average molecular weight is 206 g/mol. The van der Waals surface area contributed by atoms with Crippen molar-refractivity contribution >= 4 is 11.9 Å². The number of hydrogen-bond donors (Lipinski definition) is 0. The van der Waals surface area contributed by atoms with E-state index in [1.807, 2.05) is 12.2 Å². The summed E-state index contributed by atoms with van der Waals surface area (Å²) in [5.74, 6) is -1.19. The summed E-state index contributed by atoms with van der Waals surface area (Å²) < 4.78 is 4.73. The molecule has 0 aromatic carbocycles. The molecule has 1 aliphatic heterocycles. The second-order valence-corrected chi connectivity index (χ2v) is 4.07. The van der Waals surface area contributed by atoms with Crippen LogP contribution in [0.1, 0.15) is 26.2 Å². The van der Waals surface area contributed by atoms with Crippen molar-refractivity contribution in [2.45, 2.75) is 26.2 Å². The van der Waals surface area contributed by atoms with Crippen molar-refractivity contribution in [3.63, 3.8) is 0 Å². The first-order valence-corrected chi connectivity index (χ1v) is 5.33. The molecular formula is C12H14O3. The van der Waals surface area contributed by atoms with Crippen LogP contribution in [0.2, 0.25) is 0 Å². The highest BCUT2D eigenvalue weighted by atomic mass is 16.6. The number of cyclic esters (lactones) is 2. The van der Waals surface area contributed by atoms with E-state index >= 15 is 0 Å². The minimum Gasteiger partial charge on any atom is -0.392 e. The average Bonchev–Trinajstić information content (AvgIpc) is 2.50. The molecule has 0 radical (unpaired) electrons. The van der Waals surface area contributed by atoms with E-state index in [0.29, 0.717) is 6.42 Å². The molecule has 0 N–H and O–H groups in total. The van der Waals surface area contributed by atoms with Gasteiger partial charge in [-0.2, -0.15) is 0 Å². The van der Waals surface area contributed by atoms with Gasteiger partial charge in [0, 0.05) is 0 Å². The first-order chi connectivity index (χ1) is 7.20. The molecule has 0 spiro atoms. The SMILES string of the molecule is CCCCC12C=CC=CC1C(=O)OC2=O. The Morgan fingerprint density at radius 2 is 2.20 bits per heavy atom. The second-order valence-electron chi connectivity index (χ2n) is 4.07. The number of fused-ring (bicyclic) bond motifs is 1. The summed E-state index contributed by atoms with van der Waals surface area (Å²) in [6.45, 7) is 2.07. The Bertz CT molecular complexity index is 354.